The second kappa shape index (κ2) is 9.75. The first kappa shape index (κ1) is 20.4. The Morgan fingerprint density at radius 2 is 1.90 bits per heavy atom. The number of hydrazone groups is 1. The van der Waals surface area contributed by atoms with Crippen molar-refractivity contribution in [2.24, 2.45) is 5.10 Å². The Hall–Kier alpha value is -3.32. The third kappa shape index (κ3) is 5.36. The van der Waals surface area contributed by atoms with Gasteiger partial charge in [-0.3, -0.25) is 4.79 Å². The lowest BCUT2D eigenvalue weighted by Crippen LogP contribution is -2.19. The Morgan fingerprint density at radius 1 is 1.10 bits per heavy atom. The highest BCUT2D eigenvalue weighted by Gasteiger charge is 2.13. The molecule has 0 fully saturated rings. The normalized spacial score (nSPS) is 10.7. The summed E-state index contributed by atoms with van der Waals surface area (Å²) >= 11 is 3.37. The van der Waals surface area contributed by atoms with Crippen molar-refractivity contribution in [3.63, 3.8) is 0 Å². The van der Waals surface area contributed by atoms with Crippen molar-refractivity contribution in [1.29, 1.82) is 0 Å². The van der Waals surface area contributed by atoms with Crippen molar-refractivity contribution >= 4 is 28.1 Å². The number of phenolic OH excluding ortho intramolecular Hbond substituents is 1. The van der Waals surface area contributed by atoms with E-state index in [0.29, 0.717) is 29.2 Å². The Labute approximate surface area is 176 Å². The monoisotopic (exact) mass is 454 g/mol. The minimum absolute atomic E-state index is 0.0534. The van der Waals surface area contributed by atoms with E-state index in [4.69, 9.17) is 9.47 Å². The van der Waals surface area contributed by atoms with Gasteiger partial charge in [0.05, 0.1) is 18.9 Å². The molecule has 7 heteroatoms. The third-order valence-corrected chi connectivity index (χ3v) is 4.54. The zero-order chi connectivity index (χ0) is 20.6. The van der Waals surface area contributed by atoms with Crippen LogP contribution >= 0.6 is 15.9 Å². The van der Waals surface area contributed by atoms with Gasteiger partial charge in [-0.05, 0) is 35.9 Å². The minimum Gasteiger partial charge on any atom is -0.504 e. The standard InChI is InChI=1S/C22H19BrN2O4/c1-28-20-9-5-8-16(21(20)26)13-24-25-22(27)18-12-17(23)10-11-19(18)29-14-15-6-3-2-4-7-15/h2-13,26H,14H2,1H3,(H,25,27). The summed E-state index contributed by atoms with van der Waals surface area (Å²) in [6, 6.07) is 19.9. The van der Waals surface area contributed by atoms with E-state index in [0.717, 1.165) is 10.0 Å². The molecule has 0 saturated carbocycles. The quantitative estimate of drug-likeness (QED) is 0.406. The highest BCUT2D eigenvalue weighted by Crippen LogP contribution is 2.28. The van der Waals surface area contributed by atoms with Gasteiger partial charge in [0.25, 0.3) is 5.91 Å². The van der Waals surface area contributed by atoms with Crippen LogP contribution in [-0.4, -0.2) is 24.3 Å². The first-order valence-electron chi connectivity index (χ1n) is 8.74. The number of aromatic hydroxyl groups is 1. The van der Waals surface area contributed by atoms with Crippen LogP contribution in [0.2, 0.25) is 0 Å². The van der Waals surface area contributed by atoms with Crippen molar-refractivity contribution < 1.29 is 19.4 Å². The number of halogens is 1. The van der Waals surface area contributed by atoms with Gasteiger partial charge in [-0.2, -0.15) is 5.10 Å². The largest absolute Gasteiger partial charge is 0.504 e. The summed E-state index contributed by atoms with van der Waals surface area (Å²) in [6.45, 7) is 0.337. The number of methoxy groups -OCH3 is 1. The highest BCUT2D eigenvalue weighted by atomic mass is 79.9. The molecule has 0 radical (unpaired) electrons. The molecule has 2 N–H and O–H groups in total. The van der Waals surface area contributed by atoms with E-state index in [1.54, 1.807) is 36.4 Å². The van der Waals surface area contributed by atoms with Crippen LogP contribution in [0.1, 0.15) is 21.5 Å². The molecule has 0 aliphatic carbocycles. The van der Waals surface area contributed by atoms with E-state index < -0.39 is 5.91 Å². The first-order valence-corrected chi connectivity index (χ1v) is 9.53. The number of amides is 1. The van der Waals surface area contributed by atoms with E-state index >= 15 is 0 Å². The fourth-order valence-electron chi connectivity index (χ4n) is 2.57. The summed E-state index contributed by atoms with van der Waals surface area (Å²) in [4.78, 5) is 12.6. The van der Waals surface area contributed by atoms with Crippen LogP contribution in [0.25, 0.3) is 0 Å². The van der Waals surface area contributed by atoms with Gasteiger partial charge in [0.15, 0.2) is 11.5 Å². The van der Waals surface area contributed by atoms with Gasteiger partial charge < -0.3 is 14.6 Å². The van der Waals surface area contributed by atoms with Crippen LogP contribution in [-0.2, 0) is 6.61 Å². The maximum Gasteiger partial charge on any atom is 0.275 e. The van der Waals surface area contributed by atoms with Gasteiger partial charge in [-0.1, -0.05) is 52.3 Å². The SMILES string of the molecule is COc1cccc(C=NNC(=O)c2cc(Br)ccc2OCc2ccccc2)c1O. The highest BCUT2D eigenvalue weighted by molar-refractivity contribution is 9.10. The molecule has 148 valence electrons. The summed E-state index contributed by atoms with van der Waals surface area (Å²) in [5.74, 6) is 0.271. The molecule has 0 atom stereocenters. The van der Waals surface area contributed by atoms with Gasteiger partial charge in [0.2, 0.25) is 0 Å². The molecule has 0 unspecified atom stereocenters. The lowest BCUT2D eigenvalue weighted by molar-refractivity contribution is 0.0950. The molecular formula is C22H19BrN2O4. The summed E-state index contributed by atoms with van der Waals surface area (Å²) in [5.41, 5.74) is 4.20. The van der Waals surface area contributed by atoms with Gasteiger partial charge in [-0.15, -0.1) is 0 Å². The number of rotatable bonds is 7. The first-order chi connectivity index (χ1) is 14.1. The molecule has 0 aliphatic rings. The minimum atomic E-state index is -0.437. The number of carbonyl (C=O) groups excluding carboxylic acids is 1. The predicted octanol–water partition coefficient (Wildman–Crippen LogP) is 4.51. The molecule has 1 amide bonds. The van der Waals surface area contributed by atoms with Gasteiger partial charge in [0, 0.05) is 10.0 Å². The maximum atomic E-state index is 12.6. The van der Waals surface area contributed by atoms with Gasteiger partial charge in [-0.25, -0.2) is 5.43 Å². The fraction of sp³-hybridized carbons (Fsp3) is 0.0909. The van der Waals surface area contributed by atoms with E-state index in [1.165, 1.54) is 13.3 Å². The number of hydrogen-bond acceptors (Lipinski definition) is 5. The number of hydrogen-bond donors (Lipinski definition) is 2. The molecule has 3 rings (SSSR count). The van der Waals surface area contributed by atoms with Crippen molar-refractivity contribution in [1.82, 2.24) is 5.43 Å². The molecule has 0 saturated heterocycles. The molecule has 29 heavy (non-hydrogen) atoms. The molecule has 0 bridgehead atoms. The smallest absolute Gasteiger partial charge is 0.275 e. The van der Waals surface area contributed by atoms with Crippen LogP contribution in [0.3, 0.4) is 0 Å². The fourth-order valence-corrected chi connectivity index (χ4v) is 2.93. The summed E-state index contributed by atoms with van der Waals surface area (Å²) in [6.07, 6.45) is 1.35. The van der Waals surface area contributed by atoms with Crippen LogP contribution < -0.4 is 14.9 Å². The van der Waals surface area contributed by atoms with E-state index in [9.17, 15) is 9.90 Å². The van der Waals surface area contributed by atoms with Crippen LogP contribution in [0.4, 0.5) is 0 Å². The number of nitrogens with zero attached hydrogens (tertiary/aromatic N) is 1. The van der Waals surface area contributed by atoms with Crippen LogP contribution in [0.15, 0.2) is 76.3 Å². The number of para-hydroxylation sites is 1. The number of phenols is 1. The van der Waals surface area contributed by atoms with Gasteiger partial charge in [0.1, 0.15) is 12.4 Å². The van der Waals surface area contributed by atoms with Crippen LogP contribution in [0, 0.1) is 0 Å². The molecule has 0 spiro atoms. The molecule has 6 nitrogen and oxygen atoms in total. The zero-order valence-electron chi connectivity index (χ0n) is 15.6. The number of benzene rings is 3. The van der Waals surface area contributed by atoms with Gasteiger partial charge >= 0.3 is 0 Å². The van der Waals surface area contributed by atoms with Crippen molar-refractivity contribution in [3.8, 4) is 17.2 Å². The molecule has 0 heterocycles. The van der Waals surface area contributed by atoms with Crippen molar-refractivity contribution in [3.05, 3.63) is 87.9 Å². The topological polar surface area (TPSA) is 80.2 Å². The Balaban J connectivity index is 1.72. The predicted molar refractivity (Wildman–Crippen MR) is 115 cm³/mol. The molecule has 0 aliphatic heterocycles. The summed E-state index contributed by atoms with van der Waals surface area (Å²) in [5, 5.41) is 14.0. The second-order valence-corrected chi connectivity index (χ2v) is 6.93. The molecule has 3 aromatic carbocycles. The molecular weight excluding hydrogens is 436 g/mol. The van der Waals surface area contributed by atoms with Crippen molar-refractivity contribution in [2.45, 2.75) is 6.61 Å². The number of ether oxygens (including phenoxy) is 2. The Morgan fingerprint density at radius 3 is 2.66 bits per heavy atom. The lowest BCUT2D eigenvalue weighted by atomic mass is 10.2. The Kier molecular flexibility index (Phi) is 6.86. The summed E-state index contributed by atoms with van der Waals surface area (Å²) in [7, 11) is 1.46. The summed E-state index contributed by atoms with van der Waals surface area (Å²) < 4.78 is 11.6. The molecule has 3 aromatic rings. The van der Waals surface area contributed by atoms with E-state index in [1.807, 2.05) is 30.3 Å². The third-order valence-electron chi connectivity index (χ3n) is 4.04. The van der Waals surface area contributed by atoms with E-state index in [2.05, 4.69) is 26.5 Å². The lowest BCUT2D eigenvalue weighted by Gasteiger charge is -2.11. The Bertz CT molecular complexity index is 1020. The van der Waals surface area contributed by atoms with Crippen LogP contribution in [0.5, 0.6) is 17.2 Å². The van der Waals surface area contributed by atoms with Crippen molar-refractivity contribution in [2.75, 3.05) is 7.11 Å². The zero-order valence-corrected chi connectivity index (χ0v) is 17.2. The maximum absolute atomic E-state index is 12.6. The van der Waals surface area contributed by atoms with E-state index in [-0.39, 0.29) is 5.75 Å². The average Bonchev–Trinajstić information content (AvgIpc) is 2.74. The number of nitrogens with one attached hydrogen (secondary N) is 1. The second-order valence-electron chi connectivity index (χ2n) is 6.01. The molecule has 0 aromatic heterocycles. The average molecular weight is 455 g/mol. The number of carbonyl (C=O) groups is 1.